The van der Waals surface area contributed by atoms with Crippen LogP contribution in [0.2, 0.25) is 5.02 Å². The van der Waals surface area contributed by atoms with Crippen LogP contribution < -0.4 is 9.62 Å². The SMILES string of the molecule is Cc1ccc(Cl)cc1N(C(C)C(=O)NCc1cccc(CN2CCCC2)c1)S(C)(=O)=O. The number of carbonyl (C=O) groups is 1. The number of nitrogens with zero attached hydrogens (tertiary/aromatic N) is 2. The zero-order chi connectivity index (χ0) is 22.6. The number of likely N-dealkylation sites (tertiary alicyclic amines) is 1. The van der Waals surface area contributed by atoms with Crippen LogP contribution in [0.3, 0.4) is 0 Å². The summed E-state index contributed by atoms with van der Waals surface area (Å²) in [4.78, 5) is 15.3. The van der Waals surface area contributed by atoms with Gasteiger partial charge in [-0.15, -0.1) is 0 Å². The van der Waals surface area contributed by atoms with E-state index in [1.807, 2.05) is 12.1 Å². The number of carbonyl (C=O) groups excluding carboxylic acids is 1. The lowest BCUT2D eigenvalue weighted by molar-refractivity contribution is -0.122. The Hall–Kier alpha value is -2.09. The topological polar surface area (TPSA) is 69.7 Å². The first-order valence-corrected chi connectivity index (χ1v) is 12.7. The van der Waals surface area contributed by atoms with Crippen LogP contribution in [0.25, 0.3) is 0 Å². The average Bonchev–Trinajstić information content (AvgIpc) is 3.21. The maximum Gasteiger partial charge on any atom is 0.243 e. The van der Waals surface area contributed by atoms with Gasteiger partial charge in [-0.25, -0.2) is 8.42 Å². The number of sulfonamides is 1. The van der Waals surface area contributed by atoms with Crippen molar-refractivity contribution in [1.29, 1.82) is 0 Å². The summed E-state index contributed by atoms with van der Waals surface area (Å²) in [5, 5.41) is 3.30. The fourth-order valence-electron chi connectivity index (χ4n) is 3.97. The number of rotatable bonds is 8. The molecule has 0 radical (unpaired) electrons. The van der Waals surface area contributed by atoms with E-state index in [-0.39, 0.29) is 5.91 Å². The lowest BCUT2D eigenvalue weighted by Crippen LogP contribution is -2.48. The first kappa shape index (κ1) is 23.6. The van der Waals surface area contributed by atoms with Gasteiger partial charge in [-0.05, 0) is 68.6 Å². The first-order chi connectivity index (χ1) is 14.6. The molecular weight excluding hydrogens is 434 g/mol. The molecule has 0 saturated carbocycles. The molecule has 168 valence electrons. The first-order valence-electron chi connectivity index (χ1n) is 10.5. The second-order valence-electron chi connectivity index (χ2n) is 8.19. The van der Waals surface area contributed by atoms with Crippen molar-refractivity contribution in [2.75, 3.05) is 23.7 Å². The van der Waals surface area contributed by atoms with Crippen molar-refractivity contribution in [3.63, 3.8) is 0 Å². The minimum Gasteiger partial charge on any atom is -0.350 e. The third-order valence-electron chi connectivity index (χ3n) is 5.56. The van der Waals surface area contributed by atoms with Gasteiger partial charge in [-0.3, -0.25) is 14.0 Å². The minimum atomic E-state index is -3.70. The van der Waals surface area contributed by atoms with Gasteiger partial charge in [0.1, 0.15) is 6.04 Å². The van der Waals surface area contributed by atoms with Crippen LogP contribution in [0.1, 0.15) is 36.5 Å². The highest BCUT2D eigenvalue weighted by atomic mass is 35.5. The molecule has 0 aromatic heterocycles. The number of amides is 1. The van der Waals surface area contributed by atoms with Crippen molar-refractivity contribution in [3.8, 4) is 0 Å². The second-order valence-corrected chi connectivity index (χ2v) is 10.5. The summed E-state index contributed by atoms with van der Waals surface area (Å²) in [6.45, 7) is 6.88. The summed E-state index contributed by atoms with van der Waals surface area (Å²) >= 11 is 6.09. The zero-order valence-electron chi connectivity index (χ0n) is 18.3. The Morgan fingerprint density at radius 2 is 1.84 bits per heavy atom. The molecule has 2 aromatic rings. The Morgan fingerprint density at radius 3 is 2.52 bits per heavy atom. The quantitative estimate of drug-likeness (QED) is 0.647. The van der Waals surface area contributed by atoms with Crippen molar-refractivity contribution >= 4 is 33.2 Å². The maximum atomic E-state index is 12.9. The number of anilines is 1. The molecule has 1 heterocycles. The van der Waals surface area contributed by atoms with Crippen LogP contribution in [0.15, 0.2) is 42.5 Å². The Morgan fingerprint density at radius 1 is 1.16 bits per heavy atom. The Labute approximate surface area is 190 Å². The van der Waals surface area contributed by atoms with Crippen LogP contribution in [-0.2, 0) is 27.9 Å². The van der Waals surface area contributed by atoms with Crippen molar-refractivity contribution in [1.82, 2.24) is 10.2 Å². The van der Waals surface area contributed by atoms with E-state index < -0.39 is 16.1 Å². The molecule has 1 unspecified atom stereocenters. The predicted molar refractivity (Wildman–Crippen MR) is 126 cm³/mol. The lowest BCUT2D eigenvalue weighted by atomic mass is 10.1. The predicted octanol–water partition coefficient (Wildman–Crippen LogP) is 3.72. The maximum absolute atomic E-state index is 12.9. The van der Waals surface area contributed by atoms with E-state index in [0.29, 0.717) is 17.3 Å². The highest BCUT2D eigenvalue weighted by molar-refractivity contribution is 7.92. The molecule has 1 aliphatic heterocycles. The van der Waals surface area contributed by atoms with Crippen molar-refractivity contribution in [3.05, 3.63) is 64.2 Å². The van der Waals surface area contributed by atoms with Crippen molar-refractivity contribution in [2.45, 2.75) is 45.8 Å². The largest absolute Gasteiger partial charge is 0.350 e. The van der Waals surface area contributed by atoms with Crippen molar-refractivity contribution < 1.29 is 13.2 Å². The van der Waals surface area contributed by atoms with Gasteiger partial charge in [-0.1, -0.05) is 41.9 Å². The monoisotopic (exact) mass is 463 g/mol. The summed E-state index contributed by atoms with van der Waals surface area (Å²) in [5.74, 6) is -0.366. The number of halogens is 1. The van der Waals surface area contributed by atoms with Gasteiger partial charge in [0.2, 0.25) is 15.9 Å². The van der Waals surface area contributed by atoms with Gasteiger partial charge >= 0.3 is 0 Å². The average molecular weight is 464 g/mol. The standard InChI is InChI=1S/C23H30ClN3O3S/c1-17-9-10-21(24)14-22(17)27(31(3,29)30)18(2)23(28)25-15-19-7-6-8-20(13-19)16-26-11-4-5-12-26/h6-10,13-14,18H,4-5,11-12,15-16H2,1-3H3,(H,25,28). The molecule has 1 N–H and O–H groups in total. The smallest absolute Gasteiger partial charge is 0.243 e. The molecule has 1 fully saturated rings. The molecule has 1 amide bonds. The molecule has 2 aromatic carbocycles. The van der Waals surface area contributed by atoms with Gasteiger partial charge in [-0.2, -0.15) is 0 Å². The summed E-state index contributed by atoms with van der Waals surface area (Å²) < 4.78 is 26.2. The summed E-state index contributed by atoms with van der Waals surface area (Å²) in [6.07, 6.45) is 3.59. The Bertz CT molecular complexity index is 1040. The minimum absolute atomic E-state index is 0.336. The van der Waals surface area contributed by atoms with E-state index in [9.17, 15) is 13.2 Å². The van der Waals surface area contributed by atoms with Gasteiger partial charge in [0, 0.05) is 18.1 Å². The molecule has 6 nitrogen and oxygen atoms in total. The molecule has 8 heteroatoms. The van der Waals surface area contributed by atoms with Gasteiger partial charge in [0.25, 0.3) is 0 Å². The lowest BCUT2D eigenvalue weighted by Gasteiger charge is -2.29. The van der Waals surface area contributed by atoms with Crippen LogP contribution in [0, 0.1) is 6.92 Å². The summed E-state index contributed by atoms with van der Waals surface area (Å²) in [7, 11) is -3.70. The third-order valence-corrected chi connectivity index (χ3v) is 7.02. The fourth-order valence-corrected chi connectivity index (χ4v) is 5.37. The molecule has 3 rings (SSSR count). The second kappa shape index (κ2) is 10.0. The third kappa shape index (κ3) is 6.21. The molecule has 0 spiro atoms. The Balaban J connectivity index is 1.70. The number of hydrogen-bond acceptors (Lipinski definition) is 4. The van der Waals surface area contributed by atoms with Gasteiger partial charge in [0.05, 0.1) is 11.9 Å². The summed E-state index contributed by atoms with van der Waals surface area (Å²) in [5.41, 5.74) is 3.34. The molecule has 0 bridgehead atoms. The number of nitrogens with one attached hydrogen (secondary N) is 1. The highest BCUT2D eigenvalue weighted by Crippen LogP contribution is 2.28. The molecule has 31 heavy (non-hydrogen) atoms. The molecular formula is C23H30ClN3O3S. The van der Waals surface area contributed by atoms with Crippen LogP contribution in [0.5, 0.6) is 0 Å². The molecule has 1 saturated heterocycles. The van der Waals surface area contributed by atoms with E-state index in [1.54, 1.807) is 32.0 Å². The Kier molecular flexibility index (Phi) is 7.62. The van der Waals surface area contributed by atoms with Crippen LogP contribution >= 0.6 is 11.6 Å². The van der Waals surface area contributed by atoms with Gasteiger partial charge in [0.15, 0.2) is 0 Å². The number of benzene rings is 2. The van der Waals surface area contributed by atoms with Crippen LogP contribution in [-0.4, -0.2) is 44.6 Å². The van der Waals surface area contributed by atoms with E-state index in [0.717, 1.165) is 41.3 Å². The number of hydrogen-bond donors (Lipinski definition) is 1. The summed E-state index contributed by atoms with van der Waals surface area (Å²) in [6, 6.07) is 12.2. The van der Waals surface area contributed by atoms with E-state index >= 15 is 0 Å². The van der Waals surface area contributed by atoms with Crippen molar-refractivity contribution in [2.24, 2.45) is 0 Å². The van der Waals surface area contributed by atoms with Gasteiger partial charge < -0.3 is 5.32 Å². The highest BCUT2D eigenvalue weighted by Gasteiger charge is 2.30. The molecule has 1 aliphatic rings. The fraction of sp³-hybridized carbons (Fsp3) is 0.435. The van der Waals surface area contributed by atoms with E-state index in [4.69, 9.17) is 11.6 Å². The van der Waals surface area contributed by atoms with Crippen LogP contribution in [0.4, 0.5) is 5.69 Å². The number of aryl methyl sites for hydroxylation is 1. The van der Waals surface area contributed by atoms with E-state index in [1.165, 1.54) is 18.4 Å². The van der Waals surface area contributed by atoms with E-state index in [2.05, 4.69) is 22.3 Å². The zero-order valence-corrected chi connectivity index (χ0v) is 19.8. The molecule has 0 aliphatic carbocycles. The normalized spacial score (nSPS) is 15.6. The molecule has 1 atom stereocenters.